The average Bonchev–Trinajstić information content (AvgIpc) is 2.65. The lowest BCUT2D eigenvalue weighted by Crippen LogP contribution is -2.58. The molecule has 0 bridgehead atoms. The number of hydrogen-bond donors (Lipinski definition) is 2. The molecule has 1 aliphatic rings. The van der Waals surface area contributed by atoms with Gasteiger partial charge < -0.3 is 10.5 Å². The van der Waals surface area contributed by atoms with Crippen LogP contribution in [0.15, 0.2) is 15.2 Å². The van der Waals surface area contributed by atoms with E-state index in [-0.39, 0.29) is 6.61 Å². The number of esters is 1. The second kappa shape index (κ2) is 4.38. The fraction of sp³-hybridized carbons (Fsp3) is 0.571. The van der Waals surface area contributed by atoms with E-state index < -0.39 is 21.7 Å². The maximum absolute atomic E-state index is 11.6. The van der Waals surface area contributed by atoms with Crippen molar-refractivity contribution >= 4 is 42.4 Å². The molecule has 0 aromatic carbocycles. The number of carbonyl (C=O) groups is 2. The van der Waals surface area contributed by atoms with Gasteiger partial charge >= 0.3 is 5.97 Å². The van der Waals surface area contributed by atoms with Gasteiger partial charge in [0.2, 0.25) is 4.75 Å². The predicted molar refractivity (Wildman–Crippen MR) is 59.5 cm³/mol. The van der Waals surface area contributed by atoms with Crippen LogP contribution in [0.4, 0.5) is 0 Å². The van der Waals surface area contributed by atoms with Crippen molar-refractivity contribution in [3.05, 3.63) is 0 Å². The van der Waals surface area contributed by atoms with Crippen LogP contribution in [-0.4, -0.2) is 34.7 Å². The molecule has 16 heavy (non-hydrogen) atoms. The Hall–Kier alpha value is -1.15. The van der Waals surface area contributed by atoms with E-state index in [0.717, 1.165) is 6.34 Å². The fourth-order valence-electron chi connectivity index (χ4n) is 1.02. The summed E-state index contributed by atoms with van der Waals surface area (Å²) in [6.45, 7) is 1.61. The minimum atomic E-state index is -2.19. The lowest BCUT2D eigenvalue weighted by atomic mass is 10.0. The van der Waals surface area contributed by atoms with Crippen LogP contribution in [0.1, 0.15) is 6.92 Å². The van der Waals surface area contributed by atoms with Crippen LogP contribution < -0.4 is 5.73 Å². The first-order valence-corrected chi connectivity index (χ1v) is 5.05. The molecule has 7 nitrogen and oxygen atoms in total. The molecule has 0 aromatic heterocycles. The first-order valence-electron chi connectivity index (χ1n) is 4.22. The van der Waals surface area contributed by atoms with Crippen molar-refractivity contribution in [3.8, 4) is 0 Å². The Morgan fingerprint density at radius 1 is 1.69 bits per heavy atom. The first kappa shape index (κ1) is 12.9. The fourth-order valence-corrected chi connectivity index (χ4v) is 1.44. The normalized spacial score (nSPS) is 26.4. The topological polar surface area (TPSA) is 106 Å². The summed E-state index contributed by atoms with van der Waals surface area (Å²) in [5.41, 5.74) is 5.09. The Labute approximate surface area is 101 Å². The third-order valence-electron chi connectivity index (χ3n) is 1.86. The Morgan fingerprint density at radius 3 is 2.69 bits per heavy atom. The molecular formula is C7H9ClN4O3S. The van der Waals surface area contributed by atoms with Gasteiger partial charge in [-0.05, 0) is 6.92 Å². The summed E-state index contributed by atoms with van der Waals surface area (Å²) in [6, 6.07) is 0. The molecule has 0 spiro atoms. The zero-order chi connectivity index (χ0) is 12.4. The van der Waals surface area contributed by atoms with Gasteiger partial charge in [0.25, 0.3) is 11.0 Å². The SMILES string of the molecule is CCOC(=O)C(S)(C(N)=O)C1(Cl)N=CN=N1. The minimum absolute atomic E-state index is 0.0439. The molecule has 0 fully saturated rings. The molecule has 1 aliphatic heterocycles. The van der Waals surface area contributed by atoms with Gasteiger partial charge in [-0.2, -0.15) is 0 Å². The van der Waals surface area contributed by atoms with Crippen LogP contribution in [0, 0.1) is 0 Å². The second-order valence-corrected chi connectivity index (χ2v) is 4.04. The first-order chi connectivity index (χ1) is 7.38. The number of halogens is 1. The van der Waals surface area contributed by atoms with Gasteiger partial charge in [-0.25, -0.2) is 9.79 Å². The highest BCUT2D eigenvalue weighted by Crippen LogP contribution is 2.40. The van der Waals surface area contributed by atoms with Gasteiger partial charge in [-0.15, -0.1) is 22.9 Å². The Kier molecular flexibility index (Phi) is 3.54. The summed E-state index contributed by atoms with van der Waals surface area (Å²) in [6.07, 6.45) is 1.00. The highest BCUT2D eigenvalue weighted by molar-refractivity contribution is 7.84. The Balaban J connectivity index is 3.16. The molecule has 1 rings (SSSR count). The highest BCUT2D eigenvalue weighted by Gasteiger charge is 2.62. The number of ether oxygens (including phenoxy) is 1. The van der Waals surface area contributed by atoms with Crippen LogP contribution in [0.5, 0.6) is 0 Å². The Bertz CT molecular complexity index is 374. The average molecular weight is 265 g/mol. The lowest BCUT2D eigenvalue weighted by Gasteiger charge is -2.29. The monoisotopic (exact) mass is 264 g/mol. The molecule has 2 N–H and O–H groups in total. The molecule has 2 atom stereocenters. The largest absolute Gasteiger partial charge is 0.464 e. The number of rotatable bonds is 4. The molecule has 0 saturated heterocycles. The van der Waals surface area contributed by atoms with Gasteiger partial charge in [0, 0.05) is 0 Å². The number of thiol groups is 1. The van der Waals surface area contributed by atoms with Crippen molar-refractivity contribution in [1.29, 1.82) is 0 Å². The van der Waals surface area contributed by atoms with E-state index >= 15 is 0 Å². The summed E-state index contributed by atoms with van der Waals surface area (Å²) >= 11 is 9.74. The Morgan fingerprint density at radius 2 is 2.31 bits per heavy atom. The van der Waals surface area contributed by atoms with Crippen molar-refractivity contribution in [2.24, 2.45) is 21.0 Å². The number of primary amides is 1. The van der Waals surface area contributed by atoms with Crippen molar-refractivity contribution in [1.82, 2.24) is 0 Å². The van der Waals surface area contributed by atoms with E-state index in [9.17, 15) is 9.59 Å². The smallest absolute Gasteiger partial charge is 0.337 e. The molecule has 0 saturated carbocycles. The quantitative estimate of drug-likeness (QED) is 0.247. The number of azo groups is 1. The number of carbonyl (C=O) groups excluding carboxylic acids is 2. The molecule has 0 aliphatic carbocycles. The van der Waals surface area contributed by atoms with Crippen molar-refractivity contribution in [2.45, 2.75) is 16.8 Å². The van der Waals surface area contributed by atoms with Crippen LogP contribution >= 0.6 is 24.2 Å². The van der Waals surface area contributed by atoms with Crippen LogP contribution in [0.25, 0.3) is 0 Å². The number of amides is 1. The van der Waals surface area contributed by atoms with Crippen molar-refractivity contribution in [3.63, 3.8) is 0 Å². The molecule has 1 heterocycles. The van der Waals surface area contributed by atoms with Gasteiger partial charge in [0.05, 0.1) is 6.61 Å². The number of nitrogens with zero attached hydrogens (tertiary/aromatic N) is 3. The van der Waals surface area contributed by atoms with E-state index in [4.69, 9.17) is 17.3 Å². The summed E-state index contributed by atoms with van der Waals surface area (Å²) in [4.78, 5) is 26.5. The molecule has 0 aromatic rings. The molecule has 1 amide bonds. The van der Waals surface area contributed by atoms with Crippen LogP contribution in [0.2, 0.25) is 0 Å². The standard InChI is InChI=1S/C7H9ClN4O3S/c1-2-15-5(14)6(16,4(9)13)7(8)10-3-11-12-7/h3,16H,2H2,1H3,(H2,9,13). The molecule has 9 heteroatoms. The van der Waals surface area contributed by atoms with Crippen molar-refractivity contribution < 1.29 is 14.3 Å². The lowest BCUT2D eigenvalue weighted by molar-refractivity contribution is -0.150. The van der Waals surface area contributed by atoms with E-state index in [1.54, 1.807) is 6.92 Å². The minimum Gasteiger partial charge on any atom is -0.464 e. The number of nitrogens with two attached hydrogens (primary N) is 1. The number of hydrogen-bond acceptors (Lipinski definition) is 7. The maximum atomic E-state index is 11.6. The maximum Gasteiger partial charge on any atom is 0.337 e. The summed E-state index contributed by atoms with van der Waals surface area (Å²) in [5.74, 6) is -2.12. The summed E-state index contributed by atoms with van der Waals surface area (Å²) in [5, 5.41) is 4.83. The highest BCUT2D eigenvalue weighted by atomic mass is 35.5. The van der Waals surface area contributed by atoms with E-state index in [1.165, 1.54) is 0 Å². The third-order valence-corrected chi connectivity index (χ3v) is 3.16. The van der Waals surface area contributed by atoms with Gasteiger partial charge in [0.15, 0.2) is 0 Å². The second-order valence-electron chi connectivity index (χ2n) is 2.84. The van der Waals surface area contributed by atoms with Gasteiger partial charge in [-0.3, -0.25) is 4.79 Å². The van der Waals surface area contributed by atoms with Crippen molar-refractivity contribution in [2.75, 3.05) is 6.61 Å². The molecule has 88 valence electrons. The van der Waals surface area contributed by atoms with E-state index in [0.29, 0.717) is 0 Å². The molecular weight excluding hydrogens is 256 g/mol. The van der Waals surface area contributed by atoms with Gasteiger partial charge in [-0.1, -0.05) is 11.6 Å². The summed E-state index contributed by atoms with van der Waals surface area (Å²) < 4.78 is 2.48. The van der Waals surface area contributed by atoms with Gasteiger partial charge in [0.1, 0.15) is 6.34 Å². The van der Waals surface area contributed by atoms with E-state index in [2.05, 4.69) is 32.6 Å². The number of aliphatic imine (C=N–C) groups is 1. The molecule has 2 unspecified atom stereocenters. The predicted octanol–water partition coefficient (Wildman–Crippen LogP) is 0.0901. The number of alkyl halides is 1. The summed E-state index contributed by atoms with van der Waals surface area (Å²) in [7, 11) is 0. The van der Waals surface area contributed by atoms with Crippen LogP contribution in [0.3, 0.4) is 0 Å². The van der Waals surface area contributed by atoms with Crippen LogP contribution in [-0.2, 0) is 14.3 Å². The molecule has 0 radical (unpaired) electrons. The zero-order valence-electron chi connectivity index (χ0n) is 8.25. The van der Waals surface area contributed by atoms with E-state index in [1.807, 2.05) is 0 Å². The third kappa shape index (κ3) is 1.78. The zero-order valence-corrected chi connectivity index (χ0v) is 9.90.